The van der Waals surface area contributed by atoms with E-state index in [0.717, 1.165) is 12.1 Å². The van der Waals surface area contributed by atoms with E-state index in [1.54, 1.807) is 6.92 Å². The van der Waals surface area contributed by atoms with Crippen LogP contribution in [0, 0.1) is 5.92 Å². The van der Waals surface area contributed by atoms with Gasteiger partial charge in [0.05, 0.1) is 11.6 Å². The Morgan fingerprint density at radius 2 is 1.80 bits per heavy atom. The molecule has 0 radical (unpaired) electrons. The fourth-order valence-electron chi connectivity index (χ4n) is 1.74. The lowest BCUT2D eigenvalue weighted by Gasteiger charge is -2.16. The molecule has 3 N–H and O–H groups in total. The minimum atomic E-state index is -4.35. The van der Waals surface area contributed by atoms with E-state index in [2.05, 4.69) is 5.32 Å². The van der Waals surface area contributed by atoms with Crippen molar-refractivity contribution in [3.05, 3.63) is 35.4 Å². The van der Waals surface area contributed by atoms with Gasteiger partial charge in [-0.2, -0.15) is 13.2 Å². The minimum Gasteiger partial charge on any atom is -0.350 e. The summed E-state index contributed by atoms with van der Waals surface area (Å²) >= 11 is 0. The molecule has 2 atom stereocenters. The van der Waals surface area contributed by atoms with Crippen molar-refractivity contribution in [1.82, 2.24) is 5.32 Å². The summed E-state index contributed by atoms with van der Waals surface area (Å²) in [5.41, 5.74) is 5.37. The molecule has 1 amide bonds. The fraction of sp³-hybridized carbons (Fsp3) is 0.500. The van der Waals surface area contributed by atoms with Gasteiger partial charge < -0.3 is 11.1 Å². The van der Waals surface area contributed by atoms with Crippen molar-refractivity contribution in [2.75, 3.05) is 6.54 Å². The maximum Gasteiger partial charge on any atom is 0.416 e. The number of hydrogen-bond acceptors (Lipinski definition) is 2. The molecule has 20 heavy (non-hydrogen) atoms. The highest BCUT2D eigenvalue weighted by atomic mass is 19.4. The van der Waals surface area contributed by atoms with Gasteiger partial charge in [-0.15, -0.1) is 0 Å². The quantitative estimate of drug-likeness (QED) is 0.875. The molecule has 0 saturated carbocycles. The van der Waals surface area contributed by atoms with E-state index < -0.39 is 11.7 Å². The van der Waals surface area contributed by atoms with E-state index >= 15 is 0 Å². The van der Waals surface area contributed by atoms with Gasteiger partial charge >= 0.3 is 6.18 Å². The highest BCUT2D eigenvalue weighted by Gasteiger charge is 2.30. The number of halogens is 3. The van der Waals surface area contributed by atoms with Crippen LogP contribution >= 0.6 is 0 Å². The van der Waals surface area contributed by atoms with Crippen molar-refractivity contribution >= 4 is 5.91 Å². The Morgan fingerprint density at radius 3 is 2.25 bits per heavy atom. The topological polar surface area (TPSA) is 55.1 Å². The zero-order chi connectivity index (χ0) is 15.3. The molecule has 1 aromatic rings. The van der Waals surface area contributed by atoms with Crippen LogP contribution in [0.2, 0.25) is 0 Å². The molecule has 112 valence electrons. The van der Waals surface area contributed by atoms with Gasteiger partial charge in [0.2, 0.25) is 5.91 Å². The van der Waals surface area contributed by atoms with Crippen LogP contribution in [-0.4, -0.2) is 12.5 Å². The second-order valence-electron chi connectivity index (χ2n) is 4.95. The van der Waals surface area contributed by atoms with E-state index in [1.807, 2.05) is 6.92 Å². The number of carbonyl (C=O) groups excluding carboxylic acids is 1. The molecule has 6 heteroatoms. The van der Waals surface area contributed by atoms with E-state index in [-0.39, 0.29) is 17.9 Å². The maximum absolute atomic E-state index is 12.4. The smallest absolute Gasteiger partial charge is 0.350 e. The summed E-state index contributed by atoms with van der Waals surface area (Å²) in [6.45, 7) is 4.01. The monoisotopic (exact) mass is 288 g/mol. The third-order valence-electron chi connectivity index (χ3n) is 3.05. The number of alkyl halides is 3. The van der Waals surface area contributed by atoms with Crippen molar-refractivity contribution in [3.8, 4) is 0 Å². The summed E-state index contributed by atoms with van der Waals surface area (Å²) in [7, 11) is 0. The molecule has 0 spiro atoms. The van der Waals surface area contributed by atoms with Crippen LogP contribution in [0.25, 0.3) is 0 Å². The molecule has 0 bridgehead atoms. The third kappa shape index (κ3) is 4.85. The van der Waals surface area contributed by atoms with Crippen LogP contribution in [0.15, 0.2) is 24.3 Å². The number of hydrogen-bond donors (Lipinski definition) is 2. The van der Waals surface area contributed by atoms with Gasteiger partial charge in [-0.1, -0.05) is 19.1 Å². The Hall–Kier alpha value is -1.56. The molecule has 2 unspecified atom stereocenters. The Morgan fingerprint density at radius 1 is 1.25 bits per heavy atom. The van der Waals surface area contributed by atoms with Crippen molar-refractivity contribution in [2.45, 2.75) is 32.5 Å². The largest absolute Gasteiger partial charge is 0.416 e. The number of nitrogens with one attached hydrogen (secondary N) is 1. The zero-order valence-corrected chi connectivity index (χ0v) is 11.5. The number of carbonyl (C=O) groups is 1. The maximum atomic E-state index is 12.4. The first kappa shape index (κ1) is 16.5. The highest BCUT2D eigenvalue weighted by Crippen LogP contribution is 2.29. The highest BCUT2D eigenvalue weighted by molar-refractivity contribution is 5.76. The molecule has 0 aliphatic carbocycles. The zero-order valence-electron chi connectivity index (χ0n) is 11.5. The van der Waals surface area contributed by atoms with Crippen LogP contribution in [0.5, 0.6) is 0 Å². The van der Waals surface area contributed by atoms with Gasteiger partial charge in [-0.25, -0.2) is 0 Å². The summed E-state index contributed by atoms with van der Waals surface area (Å²) in [6.07, 6.45) is -4.04. The van der Waals surface area contributed by atoms with E-state index in [1.165, 1.54) is 12.1 Å². The molecule has 0 saturated heterocycles. The lowest BCUT2D eigenvalue weighted by atomic mass is 10.0. The molecule has 0 heterocycles. The molecular formula is C14H19F3N2O. The van der Waals surface area contributed by atoms with Gasteiger partial charge in [0, 0.05) is 6.42 Å². The summed E-state index contributed by atoms with van der Waals surface area (Å²) in [6, 6.07) is 4.44. The van der Waals surface area contributed by atoms with E-state index in [4.69, 9.17) is 5.73 Å². The average Bonchev–Trinajstić information content (AvgIpc) is 2.37. The van der Waals surface area contributed by atoms with Crippen molar-refractivity contribution in [2.24, 2.45) is 11.7 Å². The molecule has 0 fully saturated rings. The van der Waals surface area contributed by atoms with Gasteiger partial charge in [-0.05, 0) is 37.1 Å². The summed E-state index contributed by atoms with van der Waals surface area (Å²) in [4.78, 5) is 11.7. The number of rotatable bonds is 5. The van der Waals surface area contributed by atoms with Crippen molar-refractivity contribution < 1.29 is 18.0 Å². The van der Waals surface area contributed by atoms with Gasteiger partial charge in [-0.3, -0.25) is 4.79 Å². The fourth-order valence-corrected chi connectivity index (χ4v) is 1.74. The second-order valence-corrected chi connectivity index (χ2v) is 4.95. The predicted octanol–water partition coefficient (Wildman–Crippen LogP) is 2.87. The first-order valence-corrected chi connectivity index (χ1v) is 6.40. The molecular weight excluding hydrogens is 269 g/mol. The predicted molar refractivity (Wildman–Crippen MR) is 70.8 cm³/mol. The number of benzene rings is 1. The SMILES string of the molecule is CC(CN)CC(=O)NC(C)c1ccc(C(F)(F)F)cc1. The van der Waals surface area contributed by atoms with Gasteiger partial charge in [0.1, 0.15) is 0 Å². The number of nitrogens with two attached hydrogens (primary N) is 1. The summed E-state index contributed by atoms with van der Waals surface area (Å²) < 4.78 is 37.3. The van der Waals surface area contributed by atoms with Crippen LogP contribution in [0.3, 0.4) is 0 Å². The normalized spacial score (nSPS) is 14.7. The van der Waals surface area contributed by atoms with E-state index in [0.29, 0.717) is 18.5 Å². The van der Waals surface area contributed by atoms with Crippen LogP contribution in [-0.2, 0) is 11.0 Å². The molecule has 0 aliphatic rings. The lowest BCUT2D eigenvalue weighted by Crippen LogP contribution is -2.29. The average molecular weight is 288 g/mol. The first-order valence-electron chi connectivity index (χ1n) is 6.40. The molecule has 1 aromatic carbocycles. The van der Waals surface area contributed by atoms with Crippen molar-refractivity contribution in [3.63, 3.8) is 0 Å². The molecule has 0 aromatic heterocycles. The number of amides is 1. The van der Waals surface area contributed by atoms with Crippen LogP contribution in [0.1, 0.15) is 37.4 Å². The Kier molecular flexibility index (Phi) is 5.56. The Bertz CT molecular complexity index is 443. The Labute approximate surface area is 116 Å². The lowest BCUT2D eigenvalue weighted by molar-refractivity contribution is -0.137. The summed E-state index contributed by atoms with van der Waals surface area (Å²) in [5, 5.41) is 2.74. The molecule has 0 aliphatic heterocycles. The Balaban J connectivity index is 2.64. The van der Waals surface area contributed by atoms with Gasteiger partial charge in [0.25, 0.3) is 0 Å². The second kappa shape index (κ2) is 6.74. The van der Waals surface area contributed by atoms with Crippen LogP contribution in [0.4, 0.5) is 13.2 Å². The third-order valence-corrected chi connectivity index (χ3v) is 3.05. The van der Waals surface area contributed by atoms with Crippen molar-refractivity contribution in [1.29, 1.82) is 0 Å². The van der Waals surface area contributed by atoms with E-state index in [9.17, 15) is 18.0 Å². The molecule has 3 nitrogen and oxygen atoms in total. The standard InChI is InChI=1S/C14H19F3N2O/c1-9(8-18)7-13(20)19-10(2)11-3-5-12(6-4-11)14(15,16)17/h3-6,9-10H,7-8,18H2,1-2H3,(H,19,20). The van der Waals surface area contributed by atoms with Gasteiger partial charge in [0.15, 0.2) is 0 Å². The van der Waals surface area contributed by atoms with Crippen LogP contribution < -0.4 is 11.1 Å². The summed E-state index contributed by atoms with van der Waals surface area (Å²) in [5.74, 6) is -0.0786. The first-order chi connectivity index (χ1) is 9.24. The minimum absolute atomic E-state index is 0.0785. The molecule has 1 rings (SSSR count).